The Bertz CT molecular complexity index is 2230. The first kappa shape index (κ1) is 29.8. The molecule has 2 aliphatic carbocycles. The van der Waals surface area contributed by atoms with Gasteiger partial charge in [0.2, 0.25) is 0 Å². The van der Waals surface area contributed by atoms with E-state index in [0.29, 0.717) is 0 Å². The molecule has 0 fully saturated rings. The topological polar surface area (TPSA) is 76.9 Å². The summed E-state index contributed by atoms with van der Waals surface area (Å²) in [5.74, 6) is 0. The molecule has 0 radical (unpaired) electrons. The predicted octanol–water partition coefficient (Wildman–Crippen LogP) is 4.03. The lowest BCUT2D eigenvalue weighted by atomic mass is 9.83. The highest BCUT2D eigenvalue weighted by Crippen LogP contribution is 2.35. The summed E-state index contributed by atoms with van der Waals surface area (Å²) in [5.41, 5.74) is 1.97. The quantitative estimate of drug-likeness (QED) is 0.286. The fourth-order valence-corrected chi connectivity index (χ4v) is 6.96. The predicted molar refractivity (Wildman–Crippen MR) is 186 cm³/mol. The summed E-state index contributed by atoms with van der Waals surface area (Å²) in [6, 6.07) is 16.8. The van der Waals surface area contributed by atoms with Crippen molar-refractivity contribution in [2.75, 3.05) is 0 Å². The molecule has 3 aromatic rings. The van der Waals surface area contributed by atoms with Crippen LogP contribution in [0.25, 0.3) is 32.7 Å². The molecule has 0 aromatic heterocycles. The zero-order valence-electron chi connectivity index (χ0n) is 27.8. The number of benzene rings is 3. The van der Waals surface area contributed by atoms with Crippen LogP contribution in [0.15, 0.2) is 107 Å². The Morgan fingerprint density at radius 1 is 0.522 bits per heavy atom. The highest BCUT2D eigenvalue weighted by molar-refractivity contribution is 6.11. The average molecular weight is 609 g/mol. The molecule has 2 heterocycles. The molecular formula is C40H40N4O2. The fourth-order valence-electron chi connectivity index (χ4n) is 6.96. The van der Waals surface area contributed by atoms with Gasteiger partial charge in [0.05, 0.1) is 0 Å². The molecule has 0 saturated carbocycles. The van der Waals surface area contributed by atoms with Crippen molar-refractivity contribution in [3.63, 3.8) is 0 Å². The van der Waals surface area contributed by atoms with Gasteiger partial charge in [0, 0.05) is 0 Å². The lowest BCUT2D eigenvalue weighted by molar-refractivity contribution is -0.551. The first-order chi connectivity index (χ1) is 21.6. The maximum Gasteiger partial charge on any atom is 0.265 e. The van der Waals surface area contributed by atoms with Gasteiger partial charge in [0.25, 0.3) is 12.0 Å². The van der Waals surface area contributed by atoms with Crippen LogP contribution < -0.4 is 20.7 Å². The molecule has 0 saturated heterocycles. The van der Waals surface area contributed by atoms with E-state index in [1.54, 1.807) is 4.58 Å². The minimum Gasteiger partial charge on any atom is -0.807 e. The summed E-state index contributed by atoms with van der Waals surface area (Å²) in [7, 11) is 0. The van der Waals surface area contributed by atoms with E-state index in [-0.39, 0.29) is 12.0 Å². The van der Waals surface area contributed by atoms with Crippen LogP contribution in [0.3, 0.4) is 0 Å². The molecule has 0 amide bonds. The van der Waals surface area contributed by atoms with E-state index in [0.717, 1.165) is 49.2 Å². The number of hydrogen-bond acceptors (Lipinski definition) is 4. The van der Waals surface area contributed by atoms with Crippen molar-refractivity contribution in [1.82, 2.24) is 0 Å². The van der Waals surface area contributed by atoms with Crippen molar-refractivity contribution < 1.29 is 19.4 Å². The van der Waals surface area contributed by atoms with Crippen LogP contribution >= 0.6 is 0 Å². The monoisotopic (exact) mass is 608 g/mol. The number of allylic oxidation sites excluding steroid dienone is 8. The minimum atomic E-state index is -0.491. The summed E-state index contributed by atoms with van der Waals surface area (Å²) < 4.78 is 3.62. The molecule has 0 atom stereocenters. The average Bonchev–Trinajstić information content (AvgIpc) is 3.27. The molecule has 46 heavy (non-hydrogen) atoms. The second-order valence-electron chi connectivity index (χ2n) is 14.7. The van der Waals surface area contributed by atoms with Crippen LogP contribution in [-0.2, 0) is 0 Å². The Morgan fingerprint density at radius 3 is 1.50 bits per heavy atom. The normalized spacial score (nSPS) is 22.4. The highest BCUT2D eigenvalue weighted by atomic mass is 16.3. The van der Waals surface area contributed by atoms with E-state index in [2.05, 4.69) is 111 Å². The third-order valence-electron chi connectivity index (χ3n) is 11.0. The second kappa shape index (κ2) is 9.83. The highest BCUT2D eigenvalue weighted by Gasteiger charge is 2.54. The molecular weight excluding hydrogens is 568 g/mol. The van der Waals surface area contributed by atoms with Crippen LogP contribution in [0.4, 0.5) is 0 Å². The summed E-state index contributed by atoms with van der Waals surface area (Å²) in [4.78, 5) is 8.87. The van der Waals surface area contributed by atoms with E-state index >= 15 is 0 Å². The molecule has 4 aliphatic rings. The summed E-state index contributed by atoms with van der Waals surface area (Å²) in [6.07, 6.45) is 16.6. The van der Waals surface area contributed by atoms with Crippen LogP contribution in [0.1, 0.15) is 55.4 Å². The molecule has 232 valence electrons. The SMILES string of the molecule is CC1(C)N=C([O-])[N+](=C2C=CC(=c3cccc4c(=C5C=CC(=[N+]6C([O-])=NC(C)(C)C6(C)C)C=C5)c5ccccc5cc34)C=C2)C1(C)C. The van der Waals surface area contributed by atoms with E-state index in [1.165, 1.54) is 5.39 Å². The van der Waals surface area contributed by atoms with Crippen LogP contribution in [0.5, 0.6) is 0 Å². The smallest absolute Gasteiger partial charge is 0.265 e. The zero-order chi connectivity index (χ0) is 32.8. The molecule has 2 aliphatic heterocycles. The third-order valence-corrected chi connectivity index (χ3v) is 11.0. The van der Waals surface area contributed by atoms with Crippen molar-refractivity contribution in [3.05, 3.63) is 108 Å². The third kappa shape index (κ3) is 4.23. The summed E-state index contributed by atoms with van der Waals surface area (Å²) in [6.45, 7) is 16.3. The maximum absolute atomic E-state index is 13.0. The van der Waals surface area contributed by atoms with Gasteiger partial charge >= 0.3 is 0 Å². The Labute approximate surface area is 270 Å². The van der Waals surface area contributed by atoms with Gasteiger partial charge in [-0.15, -0.1) is 0 Å². The lowest BCUT2D eigenvalue weighted by Gasteiger charge is -2.29. The van der Waals surface area contributed by atoms with Gasteiger partial charge in [-0.1, -0.05) is 76.8 Å². The van der Waals surface area contributed by atoms with Crippen LogP contribution in [0, 0.1) is 0 Å². The van der Waals surface area contributed by atoms with Gasteiger partial charge in [-0.25, -0.2) is 9.15 Å². The standard InChI is InChI=1S/C40H40N4O2/c1-37(2)39(5,6)43(35(45)41-37)28-20-16-25(17-21-28)30-14-11-15-32-33(30)24-27-12-9-10-13-31(27)34(32)26-18-22-29(23-19-26)44-36(46)42-38(3,4)40(44,7)8/h9-24H,1-8H3. The lowest BCUT2D eigenvalue weighted by Crippen LogP contribution is -2.51. The van der Waals surface area contributed by atoms with Crippen molar-refractivity contribution in [1.29, 1.82) is 0 Å². The number of nitrogens with zero attached hydrogens (tertiary/aromatic N) is 4. The second-order valence-corrected chi connectivity index (χ2v) is 14.7. The Balaban J connectivity index is 1.42. The molecule has 6 heteroatoms. The number of amidine groups is 2. The molecule has 6 nitrogen and oxygen atoms in total. The van der Waals surface area contributed by atoms with Gasteiger partial charge in [0.15, 0.2) is 22.2 Å². The Kier molecular flexibility index (Phi) is 6.38. The van der Waals surface area contributed by atoms with Crippen molar-refractivity contribution in [3.8, 4) is 0 Å². The van der Waals surface area contributed by atoms with Gasteiger partial charge in [-0.05, 0) is 129 Å². The minimum absolute atomic E-state index is 0.203. The van der Waals surface area contributed by atoms with Crippen molar-refractivity contribution in [2.45, 2.75) is 77.5 Å². The molecule has 0 unspecified atom stereocenters. The molecule has 3 aromatic carbocycles. The van der Waals surface area contributed by atoms with Crippen molar-refractivity contribution >= 4 is 56.2 Å². The van der Waals surface area contributed by atoms with Gasteiger partial charge in [-0.3, -0.25) is 0 Å². The van der Waals surface area contributed by atoms with Gasteiger partial charge in [-0.2, -0.15) is 0 Å². The zero-order valence-corrected chi connectivity index (χ0v) is 27.8. The van der Waals surface area contributed by atoms with E-state index < -0.39 is 22.2 Å². The first-order valence-electron chi connectivity index (χ1n) is 15.9. The molecule has 0 spiro atoms. The molecule has 7 rings (SSSR count). The Morgan fingerprint density at radius 2 is 1.00 bits per heavy atom. The maximum atomic E-state index is 13.0. The van der Waals surface area contributed by atoms with Crippen molar-refractivity contribution in [2.24, 2.45) is 9.98 Å². The van der Waals surface area contributed by atoms with E-state index in [4.69, 9.17) is 0 Å². The molecule has 0 N–H and O–H groups in total. The first-order valence-corrected chi connectivity index (χ1v) is 15.9. The van der Waals surface area contributed by atoms with Crippen LogP contribution in [0.2, 0.25) is 0 Å². The Hall–Kier alpha value is -4.84. The summed E-state index contributed by atoms with van der Waals surface area (Å²) in [5, 5.41) is 32.8. The number of rotatable bonds is 0. The largest absolute Gasteiger partial charge is 0.807 e. The molecule has 0 bridgehead atoms. The van der Waals surface area contributed by atoms with E-state index in [9.17, 15) is 10.2 Å². The summed E-state index contributed by atoms with van der Waals surface area (Å²) >= 11 is 0. The van der Waals surface area contributed by atoms with E-state index in [1.807, 2.05) is 56.6 Å². The number of hydrogen-bond donors (Lipinski definition) is 0. The van der Waals surface area contributed by atoms with Crippen LogP contribution in [-0.4, -0.2) is 54.8 Å². The number of fused-ring (bicyclic) bond motifs is 2. The fraction of sp³-hybridized carbons (Fsp3) is 0.300. The van der Waals surface area contributed by atoms with Gasteiger partial charge < -0.3 is 10.2 Å². The van der Waals surface area contributed by atoms with Gasteiger partial charge in [0.1, 0.15) is 11.4 Å². The number of aliphatic imine (C=N–C) groups is 2.